The summed E-state index contributed by atoms with van der Waals surface area (Å²) in [5.74, 6) is 0.216. The molecule has 0 bridgehead atoms. The molecule has 0 aliphatic carbocycles. The Morgan fingerprint density at radius 3 is 2.41 bits per heavy atom. The van der Waals surface area contributed by atoms with Crippen molar-refractivity contribution in [3.05, 3.63) is 59.1 Å². The number of nitrogens with one attached hydrogen (secondary N) is 2. The second-order valence-electron chi connectivity index (χ2n) is 5.92. The van der Waals surface area contributed by atoms with Crippen LogP contribution in [0.4, 0.5) is 5.69 Å². The monoisotopic (exact) mass is 389 g/mol. The number of methoxy groups -OCH3 is 1. The van der Waals surface area contributed by atoms with Crippen LogP contribution < -0.4 is 15.4 Å². The SMILES string of the molecule is CCN(CC(=O)NCc1ccccc1Cl)CC(=O)Nc1ccccc1OC. The van der Waals surface area contributed by atoms with Crippen molar-refractivity contribution < 1.29 is 14.3 Å². The van der Waals surface area contributed by atoms with Crippen molar-refractivity contribution in [3.63, 3.8) is 0 Å². The zero-order chi connectivity index (χ0) is 19.6. The second-order valence-corrected chi connectivity index (χ2v) is 6.33. The first-order valence-corrected chi connectivity index (χ1v) is 9.06. The Labute approximate surface area is 164 Å². The van der Waals surface area contributed by atoms with Crippen molar-refractivity contribution in [1.29, 1.82) is 0 Å². The number of hydrogen-bond donors (Lipinski definition) is 2. The van der Waals surface area contributed by atoms with Crippen LogP contribution in [-0.2, 0) is 16.1 Å². The Hall–Kier alpha value is -2.57. The van der Waals surface area contributed by atoms with E-state index in [1.165, 1.54) is 0 Å². The van der Waals surface area contributed by atoms with Crippen molar-refractivity contribution in [1.82, 2.24) is 10.2 Å². The van der Waals surface area contributed by atoms with Crippen LogP contribution >= 0.6 is 11.6 Å². The zero-order valence-electron chi connectivity index (χ0n) is 15.5. The van der Waals surface area contributed by atoms with Crippen LogP contribution in [-0.4, -0.2) is 43.5 Å². The van der Waals surface area contributed by atoms with E-state index in [1.807, 2.05) is 37.3 Å². The third-order valence-corrected chi connectivity index (χ3v) is 4.37. The lowest BCUT2D eigenvalue weighted by Crippen LogP contribution is -2.40. The molecule has 0 saturated carbocycles. The Morgan fingerprint density at radius 2 is 1.70 bits per heavy atom. The van der Waals surface area contributed by atoms with Gasteiger partial charge < -0.3 is 15.4 Å². The minimum atomic E-state index is -0.208. The molecule has 2 aromatic carbocycles. The fourth-order valence-electron chi connectivity index (χ4n) is 2.51. The smallest absolute Gasteiger partial charge is 0.238 e. The van der Waals surface area contributed by atoms with Gasteiger partial charge in [-0.25, -0.2) is 0 Å². The number of para-hydroxylation sites is 2. The third-order valence-electron chi connectivity index (χ3n) is 4.00. The van der Waals surface area contributed by atoms with Crippen molar-refractivity contribution in [2.75, 3.05) is 32.1 Å². The highest BCUT2D eigenvalue weighted by molar-refractivity contribution is 6.31. The van der Waals surface area contributed by atoms with Crippen LogP contribution in [0, 0.1) is 0 Å². The number of amides is 2. The summed E-state index contributed by atoms with van der Waals surface area (Å²) in [5.41, 5.74) is 1.45. The van der Waals surface area contributed by atoms with Crippen LogP contribution in [0.15, 0.2) is 48.5 Å². The van der Waals surface area contributed by atoms with Gasteiger partial charge in [-0.2, -0.15) is 0 Å². The van der Waals surface area contributed by atoms with Gasteiger partial charge >= 0.3 is 0 Å². The Balaban J connectivity index is 1.84. The topological polar surface area (TPSA) is 70.7 Å². The maximum atomic E-state index is 12.3. The van der Waals surface area contributed by atoms with Gasteiger partial charge in [-0.3, -0.25) is 14.5 Å². The standard InChI is InChI=1S/C20H24ClN3O3/c1-3-24(13-19(25)22-12-15-8-4-5-9-16(15)21)14-20(26)23-17-10-6-7-11-18(17)27-2/h4-11H,3,12-14H2,1-2H3,(H,22,25)(H,23,26). The Morgan fingerprint density at radius 1 is 1.04 bits per heavy atom. The predicted molar refractivity (Wildman–Crippen MR) is 107 cm³/mol. The van der Waals surface area contributed by atoms with Gasteiger partial charge in [0.15, 0.2) is 0 Å². The average molecular weight is 390 g/mol. The largest absolute Gasteiger partial charge is 0.495 e. The number of carbonyl (C=O) groups is 2. The van der Waals surface area contributed by atoms with Crippen molar-refractivity contribution in [2.45, 2.75) is 13.5 Å². The van der Waals surface area contributed by atoms with Crippen molar-refractivity contribution in [3.8, 4) is 5.75 Å². The molecular formula is C20H24ClN3O3. The molecule has 0 aromatic heterocycles. The number of halogens is 1. The molecule has 6 nitrogen and oxygen atoms in total. The Kier molecular flexibility index (Phi) is 8.10. The highest BCUT2D eigenvalue weighted by atomic mass is 35.5. The molecule has 144 valence electrons. The first-order chi connectivity index (χ1) is 13.0. The van der Waals surface area contributed by atoms with Gasteiger partial charge in [-0.15, -0.1) is 0 Å². The van der Waals surface area contributed by atoms with Gasteiger partial charge in [-0.05, 0) is 30.3 Å². The molecular weight excluding hydrogens is 366 g/mol. The van der Waals surface area contributed by atoms with Crippen LogP contribution in [0.3, 0.4) is 0 Å². The second kappa shape index (κ2) is 10.5. The summed E-state index contributed by atoms with van der Waals surface area (Å²) in [6.07, 6.45) is 0. The van der Waals surface area contributed by atoms with E-state index in [0.717, 1.165) is 5.56 Å². The van der Waals surface area contributed by atoms with Crippen molar-refractivity contribution in [2.24, 2.45) is 0 Å². The van der Waals surface area contributed by atoms with E-state index < -0.39 is 0 Å². The van der Waals surface area contributed by atoms with Crippen LogP contribution in [0.1, 0.15) is 12.5 Å². The molecule has 2 amide bonds. The number of nitrogens with zero attached hydrogens (tertiary/aromatic N) is 1. The Bertz CT molecular complexity index is 783. The summed E-state index contributed by atoms with van der Waals surface area (Å²) in [4.78, 5) is 26.2. The van der Waals surface area contributed by atoms with Gasteiger partial charge in [0, 0.05) is 11.6 Å². The molecule has 2 aromatic rings. The van der Waals surface area contributed by atoms with E-state index in [1.54, 1.807) is 30.2 Å². The molecule has 0 heterocycles. The number of hydrogen-bond acceptors (Lipinski definition) is 4. The van der Waals surface area contributed by atoms with E-state index in [2.05, 4.69) is 10.6 Å². The number of carbonyl (C=O) groups excluding carboxylic acids is 2. The summed E-state index contributed by atoms with van der Waals surface area (Å²) in [5, 5.41) is 6.25. The lowest BCUT2D eigenvalue weighted by Gasteiger charge is -2.20. The zero-order valence-corrected chi connectivity index (χ0v) is 16.3. The number of anilines is 1. The molecule has 0 fully saturated rings. The summed E-state index contributed by atoms with van der Waals surface area (Å²) in [7, 11) is 1.55. The normalized spacial score (nSPS) is 10.5. The summed E-state index contributed by atoms with van der Waals surface area (Å²) >= 11 is 6.09. The van der Waals surface area contributed by atoms with Gasteiger partial charge in [0.05, 0.1) is 25.9 Å². The average Bonchev–Trinajstić information content (AvgIpc) is 2.67. The summed E-state index contributed by atoms with van der Waals surface area (Å²) in [6, 6.07) is 14.5. The number of likely N-dealkylation sites (N-methyl/N-ethyl adjacent to an activating group) is 1. The number of benzene rings is 2. The molecule has 0 aliphatic rings. The lowest BCUT2D eigenvalue weighted by atomic mass is 10.2. The number of ether oxygens (including phenoxy) is 1. The quantitative estimate of drug-likeness (QED) is 0.691. The first kappa shape index (κ1) is 20.7. The van der Waals surface area contributed by atoms with Gasteiger partial charge in [0.2, 0.25) is 11.8 Å². The highest BCUT2D eigenvalue weighted by Crippen LogP contribution is 2.22. The van der Waals surface area contributed by atoms with Crippen LogP contribution in [0.25, 0.3) is 0 Å². The maximum absolute atomic E-state index is 12.3. The molecule has 0 atom stereocenters. The summed E-state index contributed by atoms with van der Waals surface area (Å²) < 4.78 is 5.22. The van der Waals surface area contributed by atoms with Gasteiger partial charge in [0.25, 0.3) is 0 Å². The fourth-order valence-corrected chi connectivity index (χ4v) is 2.72. The molecule has 0 radical (unpaired) electrons. The maximum Gasteiger partial charge on any atom is 0.238 e. The molecule has 7 heteroatoms. The molecule has 2 N–H and O–H groups in total. The van der Waals surface area contributed by atoms with E-state index >= 15 is 0 Å². The fraction of sp³-hybridized carbons (Fsp3) is 0.300. The van der Waals surface area contributed by atoms with Crippen LogP contribution in [0.2, 0.25) is 5.02 Å². The van der Waals surface area contributed by atoms with Crippen LogP contribution in [0.5, 0.6) is 5.75 Å². The van der Waals surface area contributed by atoms with E-state index in [4.69, 9.17) is 16.3 Å². The third kappa shape index (κ3) is 6.58. The predicted octanol–water partition coefficient (Wildman–Crippen LogP) is 2.93. The van der Waals surface area contributed by atoms with E-state index in [-0.39, 0.29) is 24.9 Å². The van der Waals surface area contributed by atoms with Gasteiger partial charge in [-0.1, -0.05) is 48.9 Å². The van der Waals surface area contributed by atoms with Gasteiger partial charge in [0.1, 0.15) is 5.75 Å². The van der Waals surface area contributed by atoms with Crippen molar-refractivity contribution >= 4 is 29.1 Å². The molecule has 0 spiro atoms. The molecule has 0 unspecified atom stereocenters. The lowest BCUT2D eigenvalue weighted by molar-refractivity contribution is -0.123. The molecule has 27 heavy (non-hydrogen) atoms. The molecule has 2 rings (SSSR count). The minimum absolute atomic E-state index is 0.105. The molecule has 0 saturated heterocycles. The number of rotatable bonds is 9. The van der Waals surface area contributed by atoms with E-state index in [9.17, 15) is 9.59 Å². The van der Waals surface area contributed by atoms with E-state index in [0.29, 0.717) is 29.5 Å². The first-order valence-electron chi connectivity index (χ1n) is 8.68. The summed E-state index contributed by atoms with van der Waals surface area (Å²) in [6.45, 7) is 3.05. The highest BCUT2D eigenvalue weighted by Gasteiger charge is 2.14. The molecule has 0 aliphatic heterocycles. The minimum Gasteiger partial charge on any atom is -0.495 e.